The maximum atomic E-state index is 6.53. The molecule has 0 saturated heterocycles. The Kier molecular flexibility index (Phi) is 7.13. The molecule has 0 atom stereocenters. The van der Waals surface area contributed by atoms with Gasteiger partial charge in [0, 0.05) is 0 Å². The van der Waals surface area contributed by atoms with E-state index in [0.29, 0.717) is 6.61 Å². The van der Waals surface area contributed by atoms with Gasteiger partial charge in [0.1, 0.15) is 5.75 Å². The first kappa shape index (κ1) is 15.9. The fraction of sp³-hybridized carbons (Fsp3) is 0.571. The van der Waals surface area contributed by atoms with E-state index in [1.165, 1.54) is 19.3 Å². The van der Waals surface area contributed by atoms with Crippen LogP contribution in [0.4, 0.5) is 0 Å². The van der Waals surface area contributed by atoms with Crippen molar-refractivity contribution in [2.75, 3.05) is 6.61 Å². The van der Waals surface area contributed by atoms with E-state index < -0.39 is 6.69 Å². The van der Waals surface area contributed by atoms with E-state index in [1.54, 1.807) is 0 Å². The zero-order valence-corrected chi connectivity index (χ0v) is 13.7. The molecule has 1 aromatic rings. The lowest BCUT2D eigenvalue weighted by molar-refractivity contribution is 0.340. The van der Waals surface area contributed by atoms with E-state index in [1.807, 2.05) is 31.2 Å². The van der Waals surface area contributed by atoms with Crippen molar-refractivity contribution in [1.82, 2.24) is 0 Å². The predicted molar refractivity (Wildman–Crippen MR) is 83.7 cm³/mol. The third-order valence-corrected chi connectivity index (χ3v) is 7.53. The quantitative estimate of drug-likeness (QED) is 0.381. The van der Waals surface area contributed by atoms with Crippen molar-refractivity contribution in [2.24, 2.45) is 0 Å². The van der Waals surface area contributed by atoms with Crippen LogP contribution in [0, 0.1) is 0 Å². The van der Waals surface area contributed by atoms with Crippen LogP contribution in [0.5, 0.6) is 5.75 Å². The molecule has 0 fully saturated rings. The van der Waals surface area contributed by atoms with Crippen molar-refractivity contribution >= 4 is 34.0 Å². The van der Waals surface area contributed by atoms with E-state index in [4.69, 9.17) is 26.9 Å². The minimum absolute atomic E-state index is 0.681. The Balaban J connectivity index is 2.54. The molecule has 1 rings (SSSR count). The van der Waals surface area contributed by atoms with Gasteiger partial charge >= 0.3 is 0 Å². The zero-order valence-electron chi connectivity index (χ0n) is 11.2. The van der Waals surface area contributed by atoms with Gasteiger partial charge in [0.25, 0.3) is 6.69 Å². The van der Waals surface area contributed by atoms with Gasteiger partial charge < -0.3 is 4.74 Å². The molecule has 0 saturated carbocycles. The van der Waals surface area contributed by atoms with Crippen molar-refractivity contribution in [3.63, 3.8) is 0 Å². The molecular formula is C14H22Cl2OSi. The second-order valence-corrected chi connectivity index (χ2v) is 11.4. The second-order valence-electron chi connectivity index (χ2n) is 4.47. The van der Waals surface area contributed by atoms with Crippen LogP contribution < -0.4 is 9.92 Å². The summed E-state index contributed by atoms with van der Waals surface area (Å²) in [4.78, 5) is 0. The first-order valence-corrected chi connectivity index (χ1v) is 10.9. The third kappa shape index (κ3) is 5.21. The molecule has 1 aromatic carbocycles. The highest BCUT2D eigenvalue weighted by Crippen LogP contribution is 2.24. The average molecular weight is 305 g/mol. The van der Waals surface area contributed by atoms with Crippen molar-refractivity contribution in [1.29, 1.82) is 0 Å². The highest BCUT2D eigenvalue weighted by atomic mass is 35.7. The van der Waals surface area contributed by atoms with Crippen molar-refractivity contribution in [3.05, 3.63) is 24.3 Å². The molecule has 0 N–H and O–H groups in total. The van der Waals surface area contributed by atoms with Gasteiger partial charge in [-0.2, -0.15) is 0 Å². The van der Waals surface area contributed by atoms with Gasteiger partial charge in [-0.05, 0) is 30.3 Å². The zero-order chi connectivity index (χ0) is 13.4. The van der Waals surface area contributed by atoms with Crippen LogP contribution >= 0.6 is 22.2 Å². The standard InChI is InChI=1S/C14H22Cl2OSi/c1-3-5-6-7-12-18(15,16)14-10-8-13(9-11-14)17-4-2/h8-11H,3-7,12H2,1-2H3. The highest BCUT2D eigenvalue weighted by molar-refractivity contribution is 7.50. The van der Waals surface area contributed by atoms with Crippen molar-refractivity contribution in [2.45, 2.75) is 45.6 Å². The lowest BCUT2D eigenvalue weighted by Crippen LogP contribution is -2.36. The average Bonchev–Trinajstić information content (AvgIpc) is 2.36. The molecule has 102 valence electrons. The fourth-order valence-electron chi connectivity index (χ4n) is 1.88. The number of hydrogen-bond acceptors (Lipinski definition) is 1. The fourth-order valence-corrected chi connectivity index (χ4v) is 5.07. The summed E-state index contributed by atoms with van der Waals surface area (Å²) >= 11 is 13.1. The molecule has 0 aliphatic heterocycles. The summed E-state index contributed by atoms with van der Waals surface area (Å²) in [5.74, 6) is 0.880. The Morgan fingerprint density at radius 3 is 2.22 bits per heavy atom. The van der Waals surface area contributed by atoms with Crippen LogP contribution in [0.2, 0.25) is 6.04 Å². The monoisotopic (exact) mass is 304 g/mol. The summed E-state index contributed by atoms with van der Waals surface area (Å²) < 4.78 is 5.42. The lowest BCUT2D eigenvalue weighted by atomic mass is 10.2. The van der Waals surface area contributed by atoms with Gasteiger partial charge in [-0.25, -0.2) is 0 Å². The number of rotatable bonds is 8. The molecular weight excluding hydrogens is 283 g/mol. The largest absolute Gasteiger partial charge is 0.494 e. The van der Waals surface area contributed by atoms with Gasteiger partial charge in [0.15, 0.2) is 0 Å². The highest BCUT2D eigenvalue weighted by Gasteiger charge is 2.30. The molecule has 0 unspecified atom stereocenters. The number of halogens is 2. The summed E-state index contributed by atoms with van der Waals surface area (Å²) in [7, 11) is 0. The van der Waals surface area contributed by atoms with Crippen LogP contribution in [-0.4, -0.2) is 13.3 Å². The normalized spacial score (nSPS) is 11.6. The molecule has 0 radical (unpaired) electrons. The van der Waals surface area contributed by atoms with Crippen LogP contribution in [0.3, 0.4) is 0 Å². The molecule has 0 heterocycles. The lowest BCUT2D eigenvalue weighted by Gasteiger charge is -2.17. The summed E-state index contributed by atoms with van der Waals surface area (Å²) in [5, 5.41) is 1.09. The molecule has 1 nitrogen and oxygen atoms in total. The third-order valence-electron chi connectivity index (χ3n) is 2.93. The van der Waals surface area contributed by atoms with E-state index in [2.05, 4.69) is 6.92 Å². The minimum atomic E-state index is -2.29. The SMILES string of the molecule is CCCCCC[Si](Cl)(Cl)c1ccc(OCC)cc1. The van der Waals surface area contributed by atoms with E-state index in [0.717, 1.165) is 23.4 Å². The Labute approximate surface area is 121 Å². The van der Waals surface area contributed by atoms with Gasteiger partial charge in [-0.1, -0.05) is 44.7 Å². The molecule has 0 aliphatic carbocycles. The molecule has 0 spiro atoms. The molecule has 0 amide bonds. The molecule has 4 heteroatoms. The Hall–Kier alpha value is -0.183. The molecule has 18 heavy (non-hydrogen) atoms. The van der Waals surface area contributed by atoms with Crippen molar-refractivity contribution < 1.29 is 4.74 Å². The van der Waals surface area contributed by atoms with Crippen LogP contribution in [0.1, 0.15) is 39.5 Å². The van der Waals surface area contributed by atoms with Crippen LogP contribution in [0.15, 0.2) is 24.3 Å². The van der Waals surface area contributed by atoms with E-state index in [-0.39, 0.29) is 0 Å². The number of unbranched alkanes of at least 4 members (excludes halogenated alkanes) is 3. The Morgan fingerprint density at radius 2 is 1.67 bits per heavy atom. The Morgan fingerprint density at radius 1 is 1.00 bits per heavy atom. The minimum Gasteiger partial charge on any atom is -0.494 e. The van der Waals surface area contributed by atoms with Gasteiger partial charge in [-0.15, -0.1) is 22.2 Å². The van der Waals surface area contributed by atoms with E-state index >= 15 is 0 Å². The number of benzene rings is 1. The molecule has 0 bridgehead atoms. The van der Waals surface area contributed by atoms with Gasteiger partial charge in [-0.3, -0.25) is 0 Å². The van der Waals surface area contributed by atoms with Gasteiger partial charge in [0.2, 0.25) is 0 Å². The first-order valence-electron chi connectivity index (χ1n) is 6.71. The maximum absolute atomic E-state index is 6.53. The predicted octanol–water partition coefficient (Wildman–Crippen LogP) is 4.79. The second kappa shape index (κ2) is 8.08. The Bertz CT molecular complexity index is 338. The summed E-state index contributed by atoms with van der Waals surface area (Å²) in [6, 6.07) is 8.87. The summed E-state index contributed by atoms with van der Waals surface area (Å²) in [6.45, 7) is 2.58. The van der Waals surface area contributed by atoms with Crippen molar-refractivity contribution in [3.8, 4) is 5.75 Å². The molecule has 0 aromatic heterocycles. The van der Waals surface area contributed by atoms with Gasteiger partial charge in [0.05, 0.1) is 6.61 Å². The number of ether oxygens (including phenoxy) is 1. The van der Waals surface area contributed by atoms with E-state index in [9.17, 15) is 0 Å². The first-order chi connectivity index (χ1) is 8.60. The smallest absolute Gasteiger partial charge is 0.280 e. The topological polar surface area (TPSA) is 9.23 Å². The van der Waals surface area contributed by atoms with Crippen LogP contribution in [0.25, 0.3) is 0 Å². The summed E-state index contributed by atoms with van der Waals surface area (Å²) in [5.41, 5.74) is 0. The molecule has 0 aliphatic rings. The number of hydrogen-bond donors (Lipinski definition) is 0. The maximum Gasteiger partial charge on any atom is 0.280 e. The summed E-state index contributed by atoms with van der Waals surface area (Å²) in [6.07, 6.45) is 4.85. The van der Waals surface area contributed by atoms with Crippen LogP contribution in [-0.2, 0) is 0 Å².